The molecular formula is C16H25NS. The van der Waals surface area contributed by atoms with Gasteiger partial charge >= 0.3 is 0 Å². The van der Waals surface area contributed by atoms with Crippen molar-refractivity contribution in [1.29, 1.82) is 0 Å². The molecular weight excluding hydrogens is 238 g/mol. The quantitative estimate of drug-likeness (QED) is 0.881. The van der Waals surface area contributed by atoms with Gasteiger partial charge in [0.1, 0.15) is 0 Å². The predicted molar refractivity (Wildman–Crippen MR) is 81.2 cm³/mol. The van der Waals surface area contributed by atoms with Gasteiger partial charge in [-0.25, -0.2) is 0 Å². The summed E-state index contributed by atoms with van der Waals surface area (Å²) in [4.78, 5) is 1.45. The van der Waals surface area contributed by atoms with E-state index in [0.717, 1.165) is 11.8 Å². The molecule has 2 heteroatoms. The van der Waals surface area contributed by atoms with E-state index in [1.165, 1.54) is 23.3 Å². The van der Waals surface area contributed by atoms with Crippen molar-refractivity contribution in [2.24, 2.45) is 11.8 Å². The van der Waals surface area contributed by atoms with Gasteiger partial charge in [0.15, 0.2) is 0 Å². The van der Waals surface area contributed by atoms with Gasteiger partial charge in [-0.15, -0.1) is 11.8 Å². The molecule has 1 nitrogen and oxygen atoms in total. The van der Waals surface area contributed by atoms with E-state index in [9.17, 15) is 0 Å². The number of nitrogens with one attached hydrogen (secondary N) is 1. The van der Waals surface area contributed by atoms with Gasteiger partial charge in [-0.05, 0) is 50.3 Å². The fraction of sp³-hybridized carbons (Fsp3) is 0.625. The van der Waals surface area contributed by atoms with E-state index in [-0.39, 0.29) is 0 Å². The summed E-state index contributed by atoms with van der Waals surface area (Å²) < 4.78 is 0. The Kier molecular flexibility index (Phi) is 4.74. The Morgan fingerprint density at radius 3 is 2.56 bits per heavy atom. The Morgan fingerprint density at radius 2 is 1.89 bits per heavy atom. The van der Waals surface area contributed by atoms with Gasteiger partial charge in [-0.3, -0.25) is 0 Å². The van der Waals surface area contributed by atoms with Crippen LogP contribution < -0.4 is 5.32 Å². The first-order valence-electron chi connectivity index (χ1n) is 7.01. The van der Waals surface area contributed by atoms with Crippen LogP contribution in [0.15, 0.2) is 29.2 Å². The second-order valence-corrected chi connectivity index (χ2v) is 7.02. The van der Waals surface area contributed by atoms with E-state index in [4.69, 9.17) is 0 Å². The third-order valence-corrected chi connectivity index (χ3v) is 5.89. The zero-order valence-electron chi connectivity index (χ0n) is 11.9. The summed E-state index contributed by atoms with van der Waals surface area (Å²) in [6, 6.07) is 9.40. The monoisotopic (exact) mass is 263 g/mol. The Bertz CT molecular complexity index is 390. The molecule has 1 fully saturated rings. The van der Waals surface area contributed by atoms with Crippen molar-refractivity contribution in [3.8, 4) is 0 Å². The van der Waals surface area contributed by atoms with E-state index in [1.54, 1.807) is 0 Å². The summed E-state index contributed by atoms with van der Waals surface area (Å²) in [5.74, 6) is 1.64. The molecule has 0 radical (unpaired) electrons. The molecule has 4 atom stereocenters. The second kappa shape index (κ2) is 6.12. The normalized spacial score (nSPS) is 32.4. The number of rotatable bonds is 3. The molecule has 1 aliphatic rings. The average molecular weight is 263 g/mol. The first kappa shape index (κ1) is 14.0. The van der Waals surface area contributed by atoms with Crippen molar-refractivity contribution < 1.29 is 0 Å². The minimum atomic E-state index is 0.647. The number of aryl methyl sites for hydroxylation is 1. The van der Waals surface area contributed by atoms with Crippen LogP contribution in [0.2, 0.25) is 0 Å². The van der Waals surface area contributed by atoms with Crippen LogP contribution in [0.3, 0.4) is 0 Å². The number of thioether (sulfide) groups is 1. The van der Waals surface area contributed by atoms with Gasteiger partial charge in [0.05, 0.1) is 0 Å². The van der Waals surface area contributed by atoms with Crippen LogP contribution in [0.5, 0.6) is 0 Å². The Hall–Kier alpha value is -0.470. The average Bonchev–Trinajstić information content (AvgIpc) is 2.34. The van der Waals surface area contributed by atoms with E-state index in [0.29, 0.717) is 11.3 Å². The zero-order chi connectivity index (χ0) is 13.1. The van der Waals surface area contributed by atoms with Crippen LogP contribution in [0, 0.1) is 18.8 Å². The van der Waals surface area contributed by atoms with Crippen LogP contribution >= 0.6 is 11.8 Å². The highest BCUT2D eigenvalue weighted by Crippen LogP contribution is 2.40. The fourth-order valence-electron chi connectivity index (χ4n) is 3.14. The lowest BCUT2D eigenvalue weighted by Gasteiger charge is -2.39. The molecule has 2 rings (SSSR count). The van der Waals surface area contributed by atoms with Gasteiger partial charge in [0, 0.05) is 16.2 Å². The molecule has 100 valence electrons. The minimum absolute atomic E-state index is 0.647. The Morgan fingerprint density at radius 1 is 1.17 bits per heavy atom. The molecule has 0 aromatic heterocycles. The maximum absolute atomic E-state index is 3.53. The SMILES string of the molecule is CNC1CC(C)CC(C)C1Sc1ccccc1C. The van der Waals surface area contributed by atoms with E-state index < -0.39 is 0 Å². The van der Waals surface area contributed by atoms with E-state index in [1.807, 2.05) is 0 Å². The third-order valence-electron chi connectivity index (χ3n) is 4.12. The third kappa shape index (κ3) is 3.10. The largest absolute Gasteiger partial charge is 0.316 e. The number of benzene rings is 1. The molecule has 1 aliphatic carbocycles. The van der Waals surface area contributed by atoms with Gasteiger partial charge < -0.3 is 5.32 Å². The van der Waals surface area contributed by atoms with Crippen molar-refractivity contribution >= 4 is 11.8 Å². The highest BCUT2D eigenvalue weighted by Gasteiger charge is 2.33. The van der Waals surface area contributed by atoms with Crippen molar-refractivity contribution in [3.05, 3.63) is 29.8 Å². The fourth-order valence-corrected chi connectivity index (χ4v) is 4.60. The molecule has 1 aromatic carbocycles. The molecule has 0 saturated heterocycles. The lowest BCUT2D eigenvalue weighted by atomic mass is 9.80. The molecule has 0 spiro atoms. The van der Waals surface area contributed by atoms with E-state index >= 15 is 0 Å². The summed E-state index contributed by atoms with van der Waals surface area (Å²) >= 11 is 2.07. The van der Waals surface area contributed by atoms with Crippen molar-refractivity contribution in [2.75, 3.05) is 7.05 Å². The number of hydrogen-bond donors (Lipinski definition) is 1. The van der Waals surface area contributed by atoms with Gasteiger partial charge in [0.25, 0.3) is 0 Å². The highest BCUT2D eigenvalue weighted by molar-refractivity contribution is 8.00. The smallest absolute Gasteiger partial charge is 0.0274 e. The minimum Gasteiger partial charge on any atom is -0.316 e. The van der Waals surface area contributed by atoms with Crippen LogP contribution in [-0.2, 0) is 0 Å². The van der Waals surface area contributed by atoms with Crippen molar-refractivity contribution in [3.63, 3.8) is 0 Å². The lowest BCUT2D eigenvalue weighted by Crippen LogP contribution is -2.44. The summed E-state index contributed by atoms with van der Waals surface area (Å²) in [7, 11) is 2.11. The maximum Gasteiger partial charge on any atom is 0.0274 e. The molecule has 18 heavy (non-hydrogen) atoms. The summed E-state index contributed by atoms with van der Waals surface area (Å²) in [6.07, 6.45) is 2.67. The molecule has 1 aromatic rings. The van der Waals surface area contributed by atoms with E-state index in [2.05, 4.69) is 69.2 Å². The van der Waals surface area contributed by atoms with Crippen molar-refractivity contribution in [2.45, 2.75) is 49.8 Å². The Labute approximate surface area is 116 Å². The van der Waals surface area contributed by atoms with Crippen LogP contribution in [0.1, 0.15) is 32.3 Å². The lowest BCUT2D eigenvalue weighted by molar-refractivity contribution is 0.257. The topological polar surface area (TPSA) is 12.0 Å². The predicted octanol–water partition coefficient (Wildman–Crippen LogP) is 4.11. The first-order chi connectivity index (χ1) is 8.61. The molecule has 1 saturated carbocycles. The first-order valence-corrected chi connectivity index (χ1v) is 7.89. The molecule has 0 amide bonds. The van der Waals surface area contributed by atoms with Gasteiger partial charge in [0.2, 0.25) is 0 Å². The zero-order valence-corrected chi connectivity index (χ0v) is 12.8. The van der Waals surface area contributed by atoms with Crippen LogP contribution in [0.25, 0.3) is 0 Å². The summed E-state index contributed by atoms with van der Waals surface area (Å²) in [6.45, 7) is 7.01. The molecule has 0 bridgehead atoms. The standard InChI is InChI=1S/C16H25NS/c1-11-9-13(3)16(14(10-11)17-4)18-15-8-6-5-7-12(15)2/h5-8,11,13-14,16-17H,9-10H2,1-4H3. The van der Waals surface area contributed by atoms with Gasteiger partial charge in [-0.1, -0.05) is 32.0 Å². The van der Waals surface area contributed by atoms with Gasteiger partial charge in [-0.2, -0.15) is 0 Å². The summed E-state index contributed by atoms with van der Waals surface area (Å²) in [5.41, 5.74) is 1.41. The molecule has 0 heterocycles. The molecule has 1 N–H and O–H groups in total. The Balaban J connectivity index is 2.13. The molecule has 0 aliphatic heterocycles. The van der Waals surface area contributed by atoms with Crippen molar-refractivity contribution in [1.82, 2.24) is 5.32 Å². The second-order valence-electron chi connectivity index (χ2n) is 5.80. The summed E-state index contributed by atoms with van der Waals surface area (Å²) in [5, 5.41) is 4.23. The maximum atomic E-state index is 3.53. The van der Waals surface area contributed by atoms with Crippen LogP contribution in [-0.4, -0.2) is 18.3 Å². The molecule has 4 unspecified atom stereocenters. The highest BCUT2D eigenvalue weighted by atomic mass is 32.2. The number of hydrogen-bond acceptors (Lipinski definition) is 2. The van der Waals surface area contributed by atoms with Crippen LogP contribution in [0.4, 0.5) is 0 Å².